The molecule has 98 valence electrons. The van der Waals surface area contributed by atoms with Crippen LogP contribution in [0.4, 0.5) is 0 Å². The Bertz CT molecular complexity index is 540. The first-order chi connectivity index (χ1) is 9.25. The third-order valence-electron chi connectivity index (χ3n) is 4.13. The summed E-state index contributed by atoms with van der Waals surface area (Å²) in [7, 11) is 0. The highest BCUT2D eigenvalue weighted by atomic mass is 16.5. The van der Waals surface area contributed by atoms with Gasteiger partial charge >= 0.3 is 0 Å². The van der Waals surface area contributed by atoms with Crippen molar-refractivity contribution in [1.29, 1.82) is 0 Å². The zero-order valence-corrected chi connectivity index (χ0v) is 11.1. The third kappa shape index (κ3) is 2.35. The van der Waals surface area contributed by atoms with Gasteiger partial charge < -0.3 is 4.74 Å². The lowest BCUT2D eigenvalue weighted by Gasteiger charge is -2.34. The van der Waals surface area contributed by atoms with Crippen LogP contribution in [-0.4, -0.2) is 12.4 Å². The van der Waals surface area contributed by atoms with E-state index in [1.807, 2.05) is 31.2 Å². The lowest BCUT2D eigenvalue weighted by molar-refractivity contribution is -0.120. The minimum absolute atomic E-state index is 0.0706. The van der Waals surface area contributed by atoms with E-state index >= 15 is 0 Å². The molecular formula is C17H18O2. The Morgan fingerprint density at radius 2 is 2.00 bits per heavy atom. The van der Waals surface area contributed by atoms with E-state index in [0.717, 1.165) is 25.2 Å². The summed E-state index contributed by atoms with van der Waals surface area (Å²) in [6.45, 7) is 2.73. The first kappa shape index (κ1) is 12.2. The number of carbonyl (C=O) groups is 1. The minimum Gasteiger partial charge on any atom is -0.498 e. The van der Waals surface area contributed by atoms with E-state index in [4.69, 9.17) is 4.74 Å². The van der Waals surface area contributed by atoms with Gasteiger partial charge in [0.25, 0.3) is 0 Å². The van der Waals surface area contributed by atoms with Gasteiger partial charge in [-0.1, -0.05) is 36.4 Å². The number of hydrogen-bond donors (Lipinski definition) is 0. The fraction of sp³-hybridized carbons (Fsp3) is 0.353. The Hall–Kier alpha value is -1.83. The second kappa shape index (κ2) is 5.04. The van der Waals surface area contributed by atoms with E-state index in [1.54, 1.807) is 6.08 Å². The molecule has 1 aliphatic heterocycles. The molecule has 1 heterocycles. The normalized spacial score (nSPS) is 26.1. The van der Waals surface area contributed by atoms with Crippen LogP contribution in [0.15, 0.2) is 53.8 Å². The van der Waals surface area contributed by atoms with Crippen LogP contribution in [0.1, 0.15) is 18.9 Å². The Morgan fingerprint density at radius 1 is 1.21 bits per heavy atom. The van der Waals surface area contributed by atoms with E-state index in [0.29, 0.717) is 5.92 Å². The molecule has 1 aliphatic carbocycles. The van der Waals surface area contributed by atoms with Crippen molar-refractivity contribution in [3.05, 3.63) is 59.4 Å². The molecule has 1 aromatic rings. The van der Waals surface area contributed by atoms with Gasteiger partial charge in [-0.25, -0.2) is 0 Å². The van der Waals surface area contributed by atoms with E-state index in [9.17, 15) is 4.79 Å². The smallest absolute Gasteiger partial charge is 0.159 e. The van der Waals surface area contributed by atoms with Crippen LogP contribution in [-0.2, 0) is 16.0 Å². The number of hydrogen-bond acceptors (Lipinski definition) is 2. The number of ether oxygens (including phenoxy) is 1. The molecule has 0 aromatic heterocycles. The number of rotatable bonds is 2. The summed E-state index contributed by atoms with van der Waals surface area (Å²) < 4.78 is 5.60. The van der Waals surface area contributed by atoms with E-state index in [-0.39, 0.29) is 11.7 Å². The Morgan fingerprint density at radius 3 is 2.79 bits per heavy atom. The van der Waals surface area contributed by atoms with Gasteiger partial charge in [0.1, 0.15) is 0 Å². The molecule has 0 amide bonds. The lowest BCUT2D eigenvalue weighted by atomic mass is 9.73. The maximum Gasteiger partial charge on any atom is 0.159 e. The fourth-order valence-electron chi connectivity index (χ4n) is 3.10. The van der Waals surface area contributed by atoms with Crippen LogP contribution in [0.3, 0.4) is 0 Å². The molecule has 0 N–H and O–H groups in total. The van der Waals surface area contributed by atoms with E-state index in [2.05, 4.69) is 12.1 Å². The monoisotopic (exact) mass is 254 g/mol. The second-order valence-electron chi connectivity index (χ2n) is 5.29. The molecule has 0 unspecified atom stereocenters. The number of allylic oxidation sites excluding steroid dienone is 4. The largest absolute Gasteiger partial charge is 0.498 e. The van der Waals surface area contributed by atoms with Gasteiger partial charge in [-0.3, -0.25) is 4.79 Å². The van der Waals surface area contributed by atoms with Gasteiger partial charge in [-0.2, -0.15) is 0 Å². The zero-order valence-electron chi connectivity index (χ0n) is 11.1. The molecule has 0 saturated heterocycles. The summed E-state index contributed by atoms with van der Waals surface area (Å²) in [6, 6.07) is 10.3. The number of benzene rings is 1. The fourth-order valence-corrected chi connectivity index (χ4v) is 3.10. The quantitative estimate of drug-likeness (QED) is 0.809. The molecule has 3 rings (SSSR count). The van der Waals surface area contributed by atoms with Gasteiger partial charge in [-0.05, 0) is 37.0 Å². The maximum atomic E-state index is 12.2. The molecule has 0 saturated carbocycles. The summed E-state index contributed by atoms with van der Waals surface area (Å²) in [6.07, 6.45) is 5.44. The van der Waals surface area contributed by atoms with Crippen molar-refractivity contribution in [1.82, 2.24) is 0 Å². The average molecular weight is 254 g/mol. The van der Waals surface area contributed by atoms with Gasteiger partial charge in [0, 0.05) is 11.8 Å². The predicted octanol–water partition coefficient (Wildman–Crippen LogP) is 3.29. The van der Waals surface area contributed by atoms with Crippen LogP contribution in [0.5, 0.6) is 0 Å². The molecule has 2 atom stereocenters. The van der Waals surface area contributed by atoms with Crippen LogP contribution in [0.2, 0.25) is 0 Å². The zero-order chi connectivity index (χ0) is 13.2. The molecule has 2 aliphatic rings. The average Bonchev–Trinajstić information content (AvgIpc) is 2.43. The van der Waals surface area contributed by atoms with Gasteiger partial charge in [-0.15, -0.1) is 0 Å². The van der Waals surface area contributed by atoms with Crippen molar-refractivity contribution >= 4 is 5.78 Å². The van der Waals surface area contributed by atoms with Crippen LogP contribution >= 0.6 is 0 Å². The molecule has 1 aromatic carbocycles. The van der Waals surface area contributed by atoms with Gasteiger partial charge in [0.05, 0.1) is 12.4 Å². The van der Waals surface area contributed by atoms with Crippen LogP contribution in [0, 0.1) is 11.8 Å². The number of carbonyl (C=O) groups excluding carboxylic acids is 1. The summed E-state index contributed by atoms with van der Waals surface area (Å²) >= 11 is 0. The summed E-state index contributed by atoms with van der Waals surface area (Å²) in [4.78, 5) is 12.2. The van der Waals surface area contributed by atoms with E-state index < -0.39 is 0 Å². The van der Waals surface area contributed by atoms with E-state index in [1.165, 1.54) is 11.1 Å². The summed E-state index contributed by atoms with van der Waals surface area (Å²) in [5.41, 5.74) is 2.45. The van der Waals surface area contributed by atoms with Crippen molar-refractivity contribution in [3.8, 4) is 0 Å². The molecule has 0 bridgehead atoms. The minimum atomic E-state index is 0.0706. The van der Waals surface area contributed by atoms with Gasteiger partial charge in [0.15, 0.2) is 5.78 Å². The summed E-state index contributed by atoms with van der Waals surface area (Å²) in [5, 5.41) is 0. The third-order valence-corrected chi connectivity index (χ3v) is 4.13. The van der Waals surface area contributed by atoms with Crippen LogP contribution < -0.4 is 0 Å². The lowest BCUT2D eigenvalue weighted by Crippen LogP contribution is -2.32. The van der Waals surface area contributed by atoms with Crippen molar-refractivity contribution in [2.24, 2.45) is 11.8 Å². The van der Waals surface area contributed by atoms with Crippen molar-refractivity contribution < 1.29 is 9.53 Å². The first-order valence-electron chi connectivity index (χ1n) is 6.85. The highest BCUT2D eigenvalue weighted by Gasteiger charge is 2.35. The topological polar surface area (TPSA) is 26.3 Å². The van der Waals surface area contributed by atoms with Crippen molar-refractivity contribution in [2.45, 2.75) is 19.8 Å². The number of ketones is 1. The molecule has 0 fully saturated rings. The molecular weight excluding hydrogens is 236 g/mol. The van der Waals surface area contributed by atoms with Crippen molar-refractivity contribution in [2.75, 3.05) is 6.61 Å². The van der Waals surface area contributed by atoms with Crippen molar-refractivity contribution in [3.63, 3.8) is 0 Å². The molecule has 0 spiro atoms. The summed E-state index contributed by atoms with van der Waals surface area (Å²) in [5.74, 6) is 1.64. The second-order valence-corrected chi connectivity index (χ2v) is 5.29. The number of fused-ring (bicyclic) bond motifs is 1. The van der Waals surface area contributed by atoms with Crippen LogP contribution in [0.25, 0.3) is 0 Å². The molecule has 2 nitrogen and oxygen atoms in total. The Balaban J connectivity index is 1.90. The SMILES string of the molecule is CC1=C2C=CC(=O)[C@@H](Cc3ccccc3)[C@@H]2CCO1. The first-order valence-corrected chi connectivity index (χ1v) is 6.85. The predicted molar refractivity (Wildman–Crippen MR) is 74.5 cm³/mol. The molecule has 19 heavy (non-hydrogen) atoms. The maximum absolute atomic E-state index is 12.2. The molecule has 2 heteroatoms. The highest BCUT2D eigenvalue weighted by molar-refractivity contribution is 5.94. The van der Waals surface area contributed by atoms with Gasteiger partial charge in [0.2, 0.25) is 0 Å². The Kier molecular flexibility index (Phi) is 3.24. The standard InChI is InChI=1S/C17H18O2/c1-12-14-7-8-17(18)16(15(14)9-10-19-12)11-13-5-3-2-4-6-13/h2-8,15-16H,9-11H2,1H3/t15-,16+/m1/s1. The molecule has 0 radical (unpaired) electrons. The highest BCUT2D eigenvalue weighted by Crippen LogP contribution is 2.37. The Labute approximate surface area is 113 Å².